The topological polar surface area (TPSA) is 275 Å². The fourth-order valence-corrected chi connectivity index (χ4v) is 5.18. The number of rotatable bonds is 6. The number of aliphatic hydroxyl groups is 1. The van der Waals surface area contributed by atoms with Crippen LogP contribution >= 0.6 is 41.7 Å². The molecule has 0 atom stereocenters. The van der Waals surface area contributed by atoms with Crippen LogP contribution in [0.25, 0.3) is 0 Å². The van der Waals surface area contributed by atoms with Crippen LogP contribution in [0, 0.1) is 0 Å². The zero-order valence-electron chi connectivity index (χ0n) is 12.5. The molecule has 0 aliphatic rings. The van der Waals surface area contributed by atoms with Gasteiger partial charge in [-0.05, 0) is 6.92 Å². The normalized spacial score (nSPS) is 14.0. The summed E-state index contributed by atoms with van der Waals surface area (Å²) in [5, 5.41) is 8.92. The largest absolute Gasteiger partial charge is 0.369 e. The third-order valence-electron chi connectivity index (χ3n) is 2.43. The quantitative estimate of drug-likeness (QED) is 0.223. The first kappa shape index (κ1) is 26.0. The number of nitrogens with zero attached hydrogens (tertiary/aromatic N) is 1. The first-order valence-electron chi connectivity index (χ1n) is 5.81. The smallest absolute Gasteiger partial charge is 0.368 e. The monoisotopic (exact) mass is 480 g/mol. The summed E-state index contributed by atoms with van der Waals surface area (Å²) in [6.45, 7) is 0.383. The predicted molar refractivity (Wildman–Crippen MR) is 88.3 cm³/mol. The van der Waals surface area contributed by atoms with Gasteiger partial charge in [-0.25, -0.2) is 4.98 Å². The molecule has 1 rings (SSSR count). The SMILES string of the molecule is CC(O)(P(=O)(O)O)P(=O)(O)O.O=P(O)(O)C(Nc1nccs1)P(=O)(O)O. The summed E-state index contributed by atoms with van der Waals surface area (Å²) < 4.78 is 42.1. The Bertz CT molecular complexity index is 725. The molecule has 15 nitrogen and oxygen atoms in total. The van der Waals surface area contributed by atoms with E-state index in [1.165, 1.54) is 11.6 Å². The molecule has 10 N–H and O–H groups in total. The van der Waals surface area contributed by atoms with Gasteiger partial charge in [0, 0.05) is 11.6 Å². The lowest BCUT2D eigenvalue weighted by atomic mass is 10.9. The van der Waals surface area contributed by atoms with E-state index in [4.69, 9.17) is 44.3 Å². The maximum Gasteiger partial charge on any atom is 0.369 e. The van der Waals surface area contributed by atoms with Crippen molar-refractivity contribution in [2.24, 2.45) is 0 Å². The summed E-state index contributed by atoms with van der Waals surface area (Å²) in [5.41, 5.74) is -2.25. The van der Waals surface area contributed by atoms with Crippen molar-refractivity contribution in [1.29, 1.82) is 0 Å². The molecule has 0 aromatic carbocycles. The highest BCUT2D eigenvalue weighted by atomic mass is 32.1. The van der Waals surface area contributed by atoms with Crippen molar-refractivity contribution in [2.75, 3.05) is 5.32 Å². The molecule has 0 aliphatic carbocycles. The summed E-state index contributed by atoms with van der Waals surface area (Å²) in [4.78, 5) is 71.6. The van der Waals surface area contributed by atoms with E-state index in [2.05, 4.69) is 4.98 Å². The van der Waals surface area contributed by atoms with Crippen molar-refractivity contribution >= 4 is 46.9 Å². The van der Waals surface area contributed by atoms with Crippen molar-refractivity contribution in [3.05, 3.63) is 11.6 Å². The Hall–Kier alpha value is -0.0100. The van der Waals surface area contributed by atoms with Crippen LogP contribution in [0.1, 0.15) is 6.92 Å². The lowest BCUT2D eigenvalue weighted by Crippen LogP contribution is -2.23. The van der Waals surface area contributed by atoms with Gasteiger partial charge in [-0.2, -0.15) is 0 Å². The van der Waals surface area contributed by atoms with Crippen LogP contribution in [-0.4, -0.2) is 59.8 Å². The van der Waals surface area contributed by atoms with Crippen molar-refractivity contribution in [1.82, 2.24) is 4.98 Å². The first-order valence-corrected chi connectivity index (χ1v) is 13.3. The molecular weight excluding hydrogens is 464 g/mol. The van der Waals surface area contributed by atoms with E-state index in [1.54, 1.807) is 0 Å². The van der Waals surface area contributed by atoms with Crippen LogP contribution < -0.4 is 5.32 Å². The molecule has 0 bridgehead atoms. The molecule has 20 heteroatoms. The molecule has 154 valence electrons. The lowest BCUT2D eigenvalue weighted by Gasteiger charge is -2.24. The van der Waals surface area contributed by atoms with Gasteiger partial charge in [0.25, 0.3) is 5.08 Å². The fourth-order valence-electron chi connectivity index (χ4n) is 0.939. The molecule has 26 heavy (non-hydrogen) atoms. The van der Waals surface area contributed by atoms with E-state index < -0.39 is 41.0 Å². The number of hydrogen-bond acceptors (Lipinski definition) is 8. The maximum absolute atomic E-state index is 10.8. The van der Waals surface area contributed by atoms with Crippen LogP contribution in [0.4, 0.5) is 5.13 Å². The molecule has 1 aromatic rings. The standard InChI is InChI=1S/C4H8N2O6P2S.C2H8O7P2/c7-13(8,9)4(14(10,11)12)6-3-5-1-2-15-3;1-2(3,10(4,5)6)11(7,8)9/h1-2,4H,(H,5,6)(H2,7,8,9)(H2,10,11,12);3H,1H3,(H2,4,5,6)(H2,7,8,9). The van der Waals surface area contributed by atoms with Crippen molar-refractivity contribution in [3.8, 4) is 0 Å². The molecule has 0 aliphatic heterocycles. The van der Waals surface area contributed by atoms with Gasteiger partial charge in [0.2, 0.25) is 5.52 Å². The predicted octanol–water partition coefficient (Wildman–Crippen LogP) is -0.798. The number of aromatic nitrogens is 1. The molecule has 0 radical (unpaired) electrons. The van der Waals surface area contributed by atoms with Gasteiger partial charge < -0.3 is 49.6 Å². The maximum atomic E-state index is 10.8. The van der Waals surface area contributed by atoms with Crippen molar-refractivity contribution in [3.63, 3.8) is 0 Å². The molecular formula is C6H16N2O13P4S. The summed E-state index contributed by atoms with van der Waals surface area (Å²) in [6, 6.07) is 0. The number of thiazole rings is 1. The van der Waals surface area contributed by atoms with Crippen molar-refractivity contribution in [2.45, 2.75) is 17.5 Å². The summed E-state index contributed by atoms with van der Waals surface area (Å²) in [7, 11) is -20.3. The molecule has 0 fully saturated rings. The van der Waals surface area contributed by atoms with E-state index in [1.807, 2.05) is 5.32 Å². The highest BCUT2D eigenvalue weighted by molar-refractivity contribution is 7.72. The van der Waals surface area contributed by atoms with Crippen LogP contribution in [0.5, 0.6) is 0 Å². The highest BCUT2D eigenvalue weighted by Gasteiger charge is 2.55. The molecule has 0 amide bonds. The highest BCUT2D eigenvalue weighted by Crippen LogP contribution is 2.67. The number of anilines is 1. The molecule has 0 spiro atoms. The average Bonchev–Trinajstić information content (AvgIpc) is 2.84. The van der Waals surface area contributed by atoms with Crippen molar-refractivity contribution < 1.29 is 62.5 Å². The van der Waals surface area contributed by atoms with E-state index in [9.17, 15) is 18.3 Å². The molecule has 1 aromatic heterocycles. The minimum Gasteiger partial charge on any atom is -0.368 e. The van der Waals surface area contributed by atoms with Gasteiger partial charge in [0.05, 0.1) is 0 Å². The van der Waals surface area contributed by atoms with Crippen LogP contribution in [0.3, 0.4) is 0 Å². The van der Waals surface area contributed by atoms with Crippen LogP contribution in [0.2, 0.25) is 0 Å². The van der Waals surface area contributed by atoms with E-state index >= 15 is 0 Å². The zero-order valence-corrected chi connectivity index (χ0v) is 16.9. The van der Waals surface area contributed by atoms with Gasteiger partial charge in [-0.1, -0.05) is 0 Å². The number of nitrogens with one attached hydrogen (secondary N) is 1. The third-order valence-corrected chi connectivity index (χ3v) is 10.2. The molecule has 0 unspecified atom stereocenters. The van der Waals surface area contributed by atoms with Gasteiger partial charge in [-0.3, -0.25) is 18.3 Å². The Morgan fingerprint density at radius 3 is 1.54 bits per heavy atom. The second-order valence-electron chi connectivity index (χ2n) is 4.59. The van der Waals surface area contributed by atoms with Gasteiger partial charge in [-0.15, -0.1) is 11.3 Å². The average molecular weight is 480 g/mol. The Labute approximate surface area is 149 Å². The second-order valence-corrected chi connectivity index (χ2v) is 13.6. The summed E-state index contributed by atoms with van der Waals surface area (Å²) in [5.74, 6) is 0. The Kier molecular flexibility index (Phi) is 8.56. The molecule has 0 saturated carbocycles. The van der Waals surface area contributed by atoms with E-state index in [-0.39, 0.29) is 5.13 Å². The first-order chi connectivity index (χ1) is 11.2. The minimum absolute atomic E-state index is 0.0339. The lowest BCUT2D eigenvalue weighted by molar-refractivity contribution is 0.146. The van der Waals surface area contributed by atoms with E-state index in [0.717, 1.165) is 11.3 Å². The van der Waals surface area contributed by atoms with Crippen LogP contribution in [-0.2, 0) is 18.3 Å². The van der Waals surface area contributed by atoms with Gasteiger partial charge in [0.15, 0.2) is 5.13 Å². The molecule has 0 saturated heterocycles. The zero-order chi connectivity index (χ0) is 21.2. The minimum atomic E-state index is -5.20. The Balaban J connectivity index is 0.000000508. The number of hydrogen-bond donors (Lipinski definition) is 10. The van der Waals surface area contributed by atoms with Crippen LogP contribution in [0.15, 0.2) is 11.6 Å². The summed E-state index contributed by atoms with van der Waals surface area (Å²) in [6.07, 6.45) is 1.34. The van der Waals surface area contributed by atoms with E-state index in [0.29, 0.717) is 6.92 Å². The van der Waals surface area contributed by atoms with Gasteiger partial charge >= 0.3 is 30.4 Å². The Morgan fingerprint density at radius 2 is 1.35 bits per heavy atom. The van der Waals surface area contributed by atoms with Gasteiger partial charge in [0.1, 0.15) is 0 Å². The fraction of sp³-hybridized carbons (Fsp3) is 0.500. The molecule has 1 heterocycles. The summed E-state index contributed by atoms with van der Waals surface area (Å²) >= 11 is 0.975. The Morgan fingerprint density at radius 1 is 0.962 bits per heavy atom. The second kappa shape index (κ2) is 8.56. The third kappa shape index (κ3) is 7.55.